The molecule has 0 N–H and O–H groups in total. The average Bonchev–Trinajstić information content (AvgIpc) is 2.80. The number of allylic oxidation sites excluding steroid dienone is 1. The molecule has 0 aromatic heterocycles. The number of rotatable bonds is 14. The highest BCUT2D eigenvalue weighted by molar-refractivity contribution is 7.76. The second-order valence-corrected chi connectivity index (χ2v) is 12.9. The standard InChI is InChI=1S/C29H42P/c1-5-9-23-30(24-10-6-2,25-11-7-3)29(8-4)28-21-19-27(20-22-28)18-17-26-15-13-12-14-16-26/h8,12-22,29H,4-7,9-11,23-25H2,1-3H3/q+1. The fourth-order valence-corrected chi connectivity index (χ4v) is 10.0. The summed E-state index contributed by atoms with van der Waals surface area (Å²) in [6.07, 6.45) is 19.0. The Morgan fingerprint density at radius 1 is 0.700 bits per heavy atom. The zero-order valence-electron chi connectivity index (χ0n) is 19.5. The Bertz CT molecular complexity index is 720. The molecule has 0 spiro atoms. The number of hydrogen-bond acceptors (Lipinski definition) is 0. The Balaban J connectivity index is 2.27. The largest absolute Gasteiger partial charge is 0.112 e. The summed E-state index contributed by atoms with van der Waals surface area (Å²) in [6, 6.07) is 19.9. The topological polar surface area (TPSA) is 0 Å². The van der Waals surface area contributed by atoms with Gasteiger partial charge in [0.25, 0.3) is 0 Å². The average molecular weight is 422 g/mol. The van der Waals surface area contributed by atoms with Crippen LogP contribution in [0.2, 0.25) is 0 Å². The van der Waals surface area contributed by atoms with E-state index in [0.29, 0.717) is 5.66 Å². The maximum Gasteiger partial charge on any atom is 0.112 e. The lowest BCUT2D eigenvalue weighted by molar-refractivity contribution is 0.825. The van der Waals surface area contributed by atoms with Crippen molar-refractivity contribution >= 4 is 19.4 Å². The van der Waals surface area contributed by atoms with E-state index in [1.54, 1.807) is 0 Å². The summed E-state index contributed by atoms with van der Waals surface area (Å²) in [6.45, 7) is 11.4. The normalized spacial score (nSPS) is 12.9. The second-order valence-electron chi connectivity index (χ2n) is 8.54. The predicted molar refractivity (Wildman–Crippen MR) is 141 cm³/mol. The minimum absolute atomic E-state index is 0.550. The zero-order chi connectivity index (χ0) is 21.7. The van der Waals surface area contributed by atoms with Gasteiger partial charge in [-0.3, -0.25) is 0 Å². The van der Waals surface area contributed by atoms with Crippen LogP contribution in [0, 0.1) is 0 Å². The lowest BCUT2D eigenvalue weighted by Crippen LogP contribution is -2.16. The Hall–Kier alpha value is -1.65. The van der Waals surface area contributed by atoms with Crippen molar-refractivity contribution in [2.75, 3.05) is 18.5 Å². The molecule has 0 saturated heterocycles. The summed E-state index contributed by atoms with van der Waals surface area (Å²) < 4.78 is 0. The third-order valence-electron chi connectivity index (χ3n) is 6.23. The molecule has 2 rings (SSSR count). The molecule has 0 radical (unpaired) electrons. The van der Waals surface area contributed by atoms with E-state index < -0.39 is 7.26 Å². The summed E-state index contributed by atoms with van der Waals surface area (Å²) >= 11 is 0. The number of benzene rings is 2. The van der Waals surface area contributed by atoms with Gasteiger partial charge in [0.2, 0.25) is 0 Å². The lowest BCUT2D eigenvalue weighted by atomic mass is 10.1. The summed E-state index contributed by atoms with van der Waals surface area (Å²) in [7, 11) is -1.09. The van der Waals surface area contributed by atoms with Gasteiger partial charge in [-0.05, 0) is 42.0 Å². The maximum absolute atomic E-state index is 4.34. The van der Waals surface area contributed by atoms with Gasteiger partial charge in [0.05, 0.1) is 18.5 Å². The molecule has 1 unspecified atom stereocenters. The first-order chi connectivity index (χ1) is 14.7. The van der Waals surface area contributed by atoms with Gasteiger partial charge in [-0.15, -0.1) is 0 Å². The predicted octanol–water partition coefficient (Wildman–Crippen LogP) is 9.50. The van der Waals surface area contributed by atoms with Crippen LogP contribution in [0.3, 0.4) is 0 Å². The molecule has 0 fully saturated rings. The molecule has 1 heteroatoms. The van der Waals surface area contributed by atoms with Crippen molar-refractivity contribution < 1.29 is 0 Å². The van der Waals surface area contributed by atoms with Gasteiger partial charge in [-0.25, -0.2) is 0 Å². The van der Waals surface area contributed by atoms with Crippen LogP contribution in [0.15, 0.2) is 67.3 Å². The van der Waals surface area contributed by atoms with Crippen LogP contribution in [0.25, 0.3) is 12.2 Å². The molecule has 0 aliphatic heterocycles. The third-order valence-corrected chi connectivity index (χ3v) is 11.5. The summed E-state index contributed by atoms with van der Waals surface area (Å²) in [5.41, 5.74) is 4.55. The van der Waals surface area contributed by atoms with Gasteiger partial charge < -0.3 is 0 Å². The molecular formula is C29H42P+. The Morgan fingerprint density at radius 2 is 1.17 bits per heavy atom. The highest BCUT2D eigenvalue weighted by Gasteiger charge is 2.43. The van der Waals surface area contributed by atoms with Crippen LogP contribution < -0.4 is 0 Å². The molecule has 2 aromatic rings. The maximum atomic E-state index is 4.34. The van der Waals surface area contributed by atoms with E-state index in [-0.39, 0.29) is 0 Å². The molecule has 1 atom stereocenters. The van der Waals surface area contributed by atoms with Gasteiger partial charge in [-0.1, -0.05) is 113 Å². The highest BCUT2D eigenvalue weighted by Crippen LogP contribution is 2.71. The van der Waals surface area contributed by atoms with Gasteiger partial charge in [0.1, 0.15) is 5.66 Å². The first kappa shape index (κ1) is 24.6. The van der Waals surface area contributed by atoms with Crippen LogP contribution in [0.1, 0.15) is 81.6 Å². The minimum Gasteiger partial charge on any atom is -0.0989 e. The molecule has 0 heterocycles. The fraction of sp³-hybridized carbons (Fsp3) is 0.448. The Labute approximate surface area is 186 Å². The molecule has 0 aliphatic carbocycles. The van der Waals surface area contributed by atoms with E-state index in [1.807, 2.05) is 0 Å². The van der Waals surface area contributed by atoms with Crippen molar-refractivity contribution in [1.29, 1.82) is 0 Å². The van der Waals surface area contributed by atoms with E-state index in [4.69, 9.17) is 0 Å². The van der Waals surface area contributed by atoms with Crippen LogP contribution >= 0.6 is 7.26 Å². The van der Waals surface area contributed by atoms with Crippen molar-refractivity contribution in [3.8, 4) is 0 Å². The van der Waals surface area contributed by atoms with Gasteiger partial charge in [0, 0.05) is 7.26 Å². The Morgan fingerprint density at radius 3 is 1.60 bits per heavy atom. The van der Waals surface area contributed by atoms with Crippen molar-refractivity contribution in [2.24, 2.45) is 0 Å². The molecule has 162 valence electrons. The van der Waals surface area contributed by atoms with Crippen LogP contribution in [-0.4, -0.2) is 18.5 Å². The Kier molecular flexibility index (Phi) is 11.2. The zero-order valence-corrected chi connectivity index (χ0v) is 20.4. The first-order valence-corrected chi connectivity index (χ1v) is 14.4. The third kappa shape index (κ3) is 7.24. The van der Waals surface area contributed by atoms with E-state index in [1.165, 1.54) is 73.7 Å². The number of hydrogen-bond donors (Lipinski definition) is 0. The molecule has 0 saturated carbocycles. The molecular weight excluding hydrogens is 379 g/mol. The minimum atomic E-state index is -1.09. The van der Waals surface area contributed by atoms with E-state index in [0.717, 1.165) is 0 Å². The van der Waals surface area contributed by atoms with Crippen molar-refractivity contribution in [3.05, 3.63) is 83.9 Å². The summed E-state index contributed by atoms with van der Waals surface area (Å²) in [5.74, 6) is 0. The summed E-state index contributed by atoms with van der Waals surface area (Å²) in [5, 5.41) is 0. The van der Waals surface area contributed by atoms with Crippen LogP contribution in [0.5, 0.6) is 0 Å². The molecule has 0 nitrogen and oxygen atoms in total. The first-order valence-electron chi connectivity index (χ1n) is 12.0. The van der Waals surface area contributed by atoms with E-state index in [9.17, 15) is 0 Å². The fourth-order valence-electron chi connectivity index (χ4n) is 4.41. The molecule has 0 bridgehead atoms. The molecule has 0 aliphatic rings. The smallest absolute Gasteiger partial charge is 0.0989 e. The van der Waals surface area contributed by atoms with E-state index in [2.05, 4.69) is 100 Å². The van der Waals surface area contributed by atoms with E-state index >= 15 is 0 Å². The van der Waals surface area contributed by atoms with Crippen LogP contribution in [0.4, 0.5) is 0 Å². The lowest BCUT2D eigenvalue weighted by Gasteiger charge is -2.34. The molecule has 30 heavy (non-hydrogen) atoms. The highest BCUT2D eigenvalue weighted by atomic mass is 31.2. The quantitative estimate of drug-likeness (QED) is 0.162. The van der Waals surface area contributed by atoms with Gasteiger partial charge in [-0.2, -0.15) is 0 Å². The van der Waals surface area contributed by atoms with Gasteiger partial charge in [0.15, 0.2) is 0 Å². The number of unbranched alkanes of at least 4 members (excludes halogenated alkanes) is 3. The van der Waals surface area contributed by atoms with Crippen molar-refractivity contribution in [3.63, 3.8) is 0 Å². The molecule has 0 amide bonds. The second kappa shape index (κ2) is 13.6. The molecule has 2 aromatic carbocycles. The van der Waals surface area contributed by atoms with Crippen molar-refractivity contribution in [2.45, 2.75) is 65.0 Å². The monoisotopic (exact) mass is 421 g/mol. The SMILES string of the molecule is C=CC(c1ccc(C=Cc2ccccc2)cc1)[P+](CCCC)(CCCC)CCCC. The summed E-state index contributed by atoms with van der Waals surface area (Å²) in [4.78, 5) is 0. The van der Waals surface area contributed by atoms with Crippen LogP contribution in [-0.2, 0) is 0 Å². The van der Waals surface area contributed by atoms with Crippen molar-refractivity contribution in [1.82, 2.24) is 0 Å². The van der Waals surface area contributed by atoms with Gasteiger partial charge >= 0.3 is 0 Å².